The Bertz CT molecular complexity index is 757. The highest BCUT2D eigenvalue weighted by molar-refractivity contribution is 6.06. The van der Waals surface area contributed by atoms with Crippen molar-refractivity contribution in [2.45, 2.75) is 31.1 Å². The number of likely N-dealkylation sites (tertiary alicyclic amines) is 1. The molecule has 3 saturated heterocycles. The van der Waals surface area contributed by atoms with E-state index >= 15 is 0 Å². The smallest absolute Gasteiger partial charge is 0.235 e. The average molecular weight is 360 g/mol. The third kappa shape index (κ3) is 2.61. The molecule has 26 heavy (non-hydrogen) atoms. The molecule has 1 aromatic carbocycles. The van der Waals surface area contributed by atoms with Crippen molar-refractivity contribution in [2.75, 3.05) is 26.3 Å². The summed E-state index contributed by atoms with van der Waals surface area (Å²) in [7, 11) is 0. The van der Waals surface area contributed by atoms with E-state index in [1.54, 1.807) is 17.0 Å². The van der Waals surface area contributed by atoms with Crippen molar-refractivity contribution in [2.24, 2.45) is 5.41 Å². The van der Waals surface area contributed by atoms with Crippen molar-refractivity contribution in [3.63, 3.8) is 0 Å². The van der Waals surface area contributed by atoms with E-state index in [1.807, 2.05) is 0 Å². The number of halogens is 1. The average Bonchev–Trinajstić information content (AvgIpc) is 3.18. The van der Waals surface area contributed by atoms with E-state index in [1.165, 1.54) is 12.1 Å². The number of nitrogens with zero attached hydrogens (tertiary/aromatic N) is 1. The molecule has 3 amide bonds. The van der Waals surface area contributed by atoms with Gasteiger partial charge in [0, 0.05) is 32.7 Å². The Labute approximate surface area is 150 Å². The first kappa shape index (κ1) is 17.1. The first-order valence-corrected chi connectivity index (χ1v) is 8.93. The van der Waals surface area contributed by atoms with Gasteiger partial charge in [0.1, 0.15) is 5.82 Å². The molecule has 4 rings (SSSR count). The number of ether oxygens (including phenoxy) is 1. The summed E-state index contributed by atoms with van der Waals surface area (Å²) in [5.74, 6) is -0.953. The van der Waals surface area contributed by atoms with Gasteiger partial charge < -0.3 is 9.64 Å². The van der Waals surface area contributed by atoms with Crippen LogP contribution in [0.5, 0.6) is 0 Å². The third-order valence-electron chi connectivity index (χ3n) is 6.03. The maximum Gasteiger partial charge on any atom is 0.235 e. The second-order valence-electron chi connectivity index (χ2n) is 7.51. The first-order chi connectivity index (χ1) is 12.5. The summed E-state index contributed by atoms with van der Waals surface area (Å²) in [5.41, 5.74) is -0.779. The van der Waals surface area contributed by atoms with Crippen molar-refractivity contribution in [3.8, 4) is 0 Å². The van der Waals surface area contributed by atoms with Crippen LogP contribution < -0.4 is 5.32 Å². The van der Waals surface area contributed by atoms with Crippen molar-refractivity contribution < 1.29 is 23.5 Å². The number of imide groups is 1. The summed E-state index contributed by atoms with van der Waals surface area (Å²) < 4.78 is 18.8. The van der Waals surface area contributed by atoms with Crippen LogP contribution in [-0.4, -0.2) is 48.9 Å². The van der Waals surface area contributed by atoms with Gasteiger partial charge in [-0.1, -0.05) is 12.1 Å². The molecule has 0 saturated carbocycles. The van der Waals surface area contributed by atoms with E-state index in [0.717, 1.165) is 5.56 Å². The molecular formula is C19H21FN2O4. The van der Waals surface area contributed by atoms with Gasteiger partial charge >= 0.3 is 0 Å². The minimum atomic E-state index is -0.790. The number of carbonyl (C=O) groups excluding carboxylic acids is 3. The van der Waals surface area contributed by atoms with E-state index in [9.17, 15) is 18.8 Å². The minimum absolute atomic E-state index is 0.0589. The van der Waals surface area contributed by atoms with Crippen molar-refractivity contribution in [1.82, 2.24) is 10.2 Å². The predicted molar refractivity (Wildman–Crippen MR) is 89.5 cm³/mol. The number of rotatable bonds is 2. The molecule has 1 aromatic rings. The standard InChI is InChI=1S/C19H21FN2O4/c20-14-3-1-13(2-4-14)19(6-9-26-10-7-19)17(25)22-8-5-18(12-22)11-15(23)21-16(18)24/h1-4H,5-12H2,(H,21,23,24). The van der Waals surface area contributed by atoms with Gasteiger partial charge in [0.15, 0.2) is 0 Å². The van der Waals surface area contributed by atoms with Gasteiger partial charge in [0.05, 0.1) is 10.8 Å². The minimum Gasteiger partial charge on any atom is -0.381 e. The molecule has 0 bridgehead atoms. The summed E-state index contributed by atoms with van der Waals surface area (Å²) in [6.07, 6.45) is 1.67. The van der Waals surface area contributed by atoms with E-state index < -0.39 is 10.8 Å². The zero-order valence-corrected chi connectivity index (χ0v) is 14.4. The molecule has 0 radical (unpaired) electrons. The second kappa shape index (κ2) is 6.16. The monoisotopic (exact) mass is 360 g/mol. The van der Waals surface area contributed by atoms with Crippen LogP contribution in [-0.2, 0) is 24.5 Å². The van der Waals surface area contributed by atoms with E-state index in [4.69, 9.17) is 4.74 Å². The molecule has 3 heterocycles. The lowest BCUT2D eigenvalue weighted by Crippen LogP contribution is -2.50. The number of hydrogen-bond donors (Lipinski definition) is 1. The van der Waals surface area contributed by atoms with Gasteiger partial charge in [-0.2, -0.15) is 0 Å². The highest BCUT2D eigenvalue weighted by Gasteiger charge is 2.54. The molecule has 1 atom stereocenters. The predicted octanol–water partition coefficient (Wildman–Crippen LogP) is 1.14. The summed E-state index contributed by atoms with van der Waals surface area (Å²) in [4.78, 5) is 39.0. The zero-order valence-electron chi connectivity index (χ0n) is 14.4. The van der Waals surface area contributed by atoms with Crippen LogP contribution >= 0.6 is 0 Å². The fourth-order valence-electron chi connectivity index (χ4n) is 4.48. The molecule has 6 nitrogen and oxygen atoms in total. The molecule has 1 N–H and O–H groups in total. The maximum absolute atomic E-state index is 13.5. The SMILES string of the molecule is O=C1CC2(CCN(C(=O)C3(c4ccc(F)cc4)CCOCC3)C2)C(=O)N1. The molecule has 7 heteroatoms. The highest BCUT2D eigenvalue weighted by atomic mass is 19.1. The Morgan fingerprint density at radius 1 is 1.12 bits per heavy atom. The first-order valence-electron chi connectivity index (χ1n) is 8.93. The molecule has 3 aliphatic rings. The van der Waals surface area contributed by atoms with Gasteiger partial charge in [0.25, 0.3) is 0 Å². The largest absolute Gasteiger partial charge is 0.381 e. The molecule has 0 aliphatic carbocycles. The second-order valence-corrected chi connectivity index (χ2v) is 7.51. The molecule has 3 fully saturated rings. The zero-order chi connectivity index (χ0) is 18.4. The number of hydrogen-bond acceptors (Lipinski definition) is 4. The summed E-state index contributed by atoms with van der Waals surface area (Å²) >= 11 is 0. The maximum atomic E-state index is 13.5. The van der Waals surface area contributed by atoms with Gasteiger partial charge in [-0.15, -0.1) is 0 Å². The van der Waals surface area contributed by atoms with Crippen LogP contribution in [0.2, 0.25) is 0 Å². The molecule has 1 unspecified atom stereocenters. The molecule has 138 valence electrons. The fourth-order valence-corrected chi connectivity index (χ4v) is 4.48. The van der Waals surface area contributed by atoms with Gasteiger partial charge in [-0.05, 0) is 37.0 Å². The van der Waals surface area contributed by atoms with Crippen molar-refractivity contribution >= 4 is 17.7 Å². The summed E-state index contributed by atoms with van der Waals surface area (Å²) in [6, 6.07) is 6.06. The Balaban J connectivity index is 1.63. The normalized spacial score (nSPS) is 27.8. The quantitative estimate of drug-likeness (QED) is 0.803. The van der Waals surface area contributed by atoms with Crippen LogP contribution in [0.25, 0.3) is 0 Å². The Hall–Kier alpha value is -2.28. The number of benzene rings is 1. The molecule has 0 aromatic heterocycles. The van der Waals surface area contributed by atoms with Gasteiger partial charge in [-0.25, -0.2) is 4.39 Å². The van der Waals surface area contributed by atoms with Crippen LogP contribution in [0.4, 0.5) is 4.39 Å². The van der Waals surface area contributed by atoms with Gasteiger partial charge in [0.2, 0.25) is 17.7 Å². The van der Waals surface area contributed by atoms with Crippen molar-refractivity contribution in [1.29, 1.82) is 0 Å². The lowest BCUT2D eigenvalue weighted by Gasteiger charge is -2.39. The summed E-state index contributed by atoms with van der Waals surface area (Å²) in [5, 5.41) is 2.36. The third-order valence-corrected chi connectivity index (χ3v) is 6.03. The topological polar surface area (TPSA) is 75.7 Å². The fraction of sp³-hybridized carbons (Fsp3) is 0.526. The van der Waals surface area contributed by atoms with Gasteiger partial charge in [-0.3, -0.25) is 19.7 Å². The van der Waals surface area contributed by atoms with E-state index in [-0.39, 0.29) is 36.5 Å². The van der Waals surface area contributed by atoms with Crippen LogP contribution in [0.3, 0.4) is 0 Å². The lowest BCUT2D eigenvalue weighted by molar-refractivity contribution is -0.141. The number of amides is 3. The lowest BCUT2D eigenvalue weighted by atomic mass is 9.73. The van der Waals surface area contributed by atoms with Crippen LogP contribution in [0, 0.1) is 11.2 Å². The molecular weight excluding hydrogens is 339 g/mol. The Morgan fingerprint density at radius 2 is 1.81 bits per heavy atom. The van der Waals surface area contributed by atoms with E-state index in [2.05, 4.69) is 5.32 Å². The number of carbonyl (C=O) groups is 3. The molecule has 3 aliphatic heterocycles. The Kier molecular flexibility index (Phi) is 4.06. The van der Waals surface area contributed by atoms with E-state index in [0.29, 0.717) is 39.0 Å². The highest BCUT2D eigenvalue weighted by Crippen LogP contribution is 2.42. The van der Waals surface area contributed by atoms with Crippen LogP contribution in [0.1, 0.15) is 31.2 Å². The number of nitrogens with one attached hydrogen (secondary N) is 1. The summed E-state index contributed by atoms with van der Waals surface area (Å²) in [6.45, 7) is 1.62. The van der Waals surface area contributed by atoms with Crippen molar-refractivity contribution in [3.05, 3.63) is 35.6 Å². The molecule has 1 spiro atoms. The van der Waals surface area contributed by atoms with Crippen LogP contribution in [0.15, 0.2) is 24.3 Å². The Morgan fingerprint density at radius 3 is 2.42 bits per heavy atom.